The third-order valence-corrected chi connectivity index (χ3v) is 5.82. The maximum Gasteiger partial charge on any atom is 0.239 e. The maximum atomic E-state index is 12.5. The van der Waals surface area contributed by atoms with Gasteiger partial charge in [0.25, 0.3) is 0 Å². The van der Waals surface area contributed by atoms with E-state index in [1.807, 2.05) is 4.90 Å². The van der Waals surface area contributed by atoms with Crippen molar-refractivity contribution in [3.63, 3.8) is 0 Å². The fourth-order valence-corrected chi connectivity index (χ4v) is 3.81. The summed E-state index contributed by atoms with van der Waals surface area (Å²) in [6.07, 6.45) is 4.89. The molecule has 4 N–H and O–H groups in total. The summed E-state index contributed by atoms with van der Waals surface area (Å²) >= 11 is 6.11. The van der Waals surface area contributed by atoms with E-state index in [0.29, 0.717) is 77.3 Å². The number of carbonyl (C=O) groups excluding carboxylic acids is 1. The Balaban J connectivity index is 1.28. The van der Waals surface area contributed by atoms with Gasteiger partial charge in [0.15, 0.2) is 0 Å². The van der Waals surface area contributed by atoms with Crippen LogP contribution >= 0.6 is 11.6 Å². The molecular formula is C24H35ClN6O8. The first-order valence-corrected chi connectivity index (χ1v) is 12.9. The first-order chi connectivity index (χ1) is 19.0. The zero-order valence-corrected chi connectivity index (χ0v) is 22.4. The molecule has 0 radical (unpaired) electrons. The van der Waals surface area contributed by atoms with E-state index in [0.717, 1.165) is 6.21 Å². The molecule has 216 valence electrons. The number of rotatable bonds is 19. The fourth-order valence-electron chi connectivity index (χ4n) is 3.65. The van der Waals surface area contributed by atoms with Crippen LogP contribution in [0.2, 0.25) is 5.28 Å². The second-order valence-corrected chi connectivity index (χ2v) is 8.80. The molecule has 0 bridgehead atoms. The average Bonchev–Trinajstić information content (AvgIpc) is 3.35. The van der Waals surface area contributed by atoms with Gasteiger partial charge in [0, 0.05) is 25.8 Å². The summed E-state index contributed by atoms with van der Waals surface area (Å²) in [5.41, 5.74) is 0.383. The number of aliphatic hydroxyl groups excluding tert-OH is 1. The SMILES string of the molecule is C#CCOCCOCCOCCOCCNC(=O)C1CN(c2nc(Cl)nc(NC3OCC(CO)O3)c2C=N)C1. The van der Waals surface area contributed by atoms with Crippen molar-refractivity contribution in [2.24, 2.45) is 5.92 Å². The zero-order valence-electron chi connectivity index (χ0n) is 21.6. The van der Waals surface area contributed by atoms with Crippen molar-refractivity contribution in [2.45, 2.75) is 12.5 Å². The van der Waals surface area contributed by atoms with Crippen molar-refractivity contribution < 1.29 is 38.3 Å². The minimum atomic E-state index is -0.840. The molecule has 2 aliphatic rings. The van der Waals surface area contributed by atoms with E-state index in [4.69, 9.17) is 51.9 Å². The van der Waals surface area contributed by atoms with E-state index in [2.05, 4.69) is 26.5 Å². The minimum absolute atomic E-state index is 0.0259. The van der Waals surface area contributed by atoms with Gasteiger partial charge in [-0.25, -0.2) is 0 Å². The van der Waals surface area contributed by atoms with Crippen LogP contribution < -0.4 is 15.5 Å². The van der Waals surface area contributed by atoms with Crippen LogP contribution in [0, 0.1) is 23.7 Å². The quantitative estimate of drug-likeness (QED) is 0.0727. The molecule has 2 fully saturated rings. The van der Waals surface area contributed by atoms with Crippen LogP contribution in [0.15, 0.2) is 0 Å². The molecule has 1 aromatic heterocycles. The van der Waals surface area contributed by atoms with E-state index in [9.17, 15) is 9.90 Å². The highest BCUT2D eigenvalue weighted by molar-refractivity contribution is 6.28. The van der Waals surface area contributed by atoms with Crippen LogP contribution in [-0.2, 0) is 33.2 Å². The molecule has 2 atom stereocenters. The second kappa shape index (κ2) is 17.2. The van der Waals surface area contributed by atoms with Gasteiger partial charge in [-0.1, -0.05) is 5.92 Å². The highest BCUT2D eigenvalue weighted by Crippen LogP contribution is 2.31. The predicted molar refractivity (Wildman–Crippen MR) is 141 cm³/mol. The number of aliphatic hydroxyl groups is 1. The Hall–Kier alpha value is -2.61. The van der Waals surface area contributed by atoms with E-state index >= 15 is 0 Å². The molecule has 39 heavy (non-hydrogen) atoms. The summed E-state index contributed by atoms with van der Waals surface area (Å²) in [6.45, 7) is 4.57. The van der Waals surface area contributed by atoms with Crippen molar-refractivity contribution in [3.8, 4) is 12.3 Å². The third kappa shape index (κ3) is 10.1. The van der Waals surface area contributed by atoms with Crippen LogP contribution in [0.3, 0.4) is 0 Å². The van der Waals surface area contributed by atoms with Crippen molar-refractivity contribution in [3.05, 3.63) is 10.8 Å². The van der Waals surface area contributed by atoms with Gasteiger partial charge < -0.3 is 54.5 Å². The molecule has 2 unspecified atom stereocenters. The number of aromatic nitrogens is 2. The molecule has 3 rings (SSSR count). The Kier molecular flexibility index (Phi) is 13.6. The van der Waals surface area contributed by atoms with Gasteiger partial charge in [0.1, 0.15) is 24.3 Å². The van der Waals surface area contributed by atoms with Crippen molar-refractivity contribution in [1.82, 2.24) is 15.3 Å². The number of ether oxygens (including phenoxy) is 6. The molecule has 15 heteroatoms. The molecule has 1 aromatic rings. The normalized spacial score (nSPS) is 18.9. The Labute approximate surface area is 232 Å². The zero-order chi connectivity index (χ0) is 27.9. The Morgan fingerprint density at radius 2 is 1.82 bits per heavy atom. The Bertz CT molecular complexity index is 961. The van der Waals surface area contributed by atoms with Crippen molar-refractivity contribution in [1.29, 1.82) is 5.41 Å². The highest BCUT2D eigenvalue weighted by Gasteiger charge is 2.36. The fraction of sp³-hybridized carbons (Fsp3) is 0.667. The highest BCUT2D eigenvalue weighted by atomic mass is 35.5. The van der Waals surface area contributed by atoms with Crippen LogP contribution in [0.5, 0.6) is 0 Å². The number of terminal acetylenes is 1. The number of nitrogens with one attached hydrogen (secondary N) is 3. The Morgan fingerprint density at radius 3 is 2.44 bits per heavy atom. The Morgan fingerprint density at radius 1 is 1.15 bits per heavy atom. The molecule has 3 heterocycles. The summed E-state index contributed by atoms with van der Waals surface area (Å²) < 4.78 is 32.2. The first kappa shape index (κ1) is 30.9. The van der Waals surface area contributed by atoms with Gasteiger partial charge in [0.2, 0.25) is 17.6 Å². The summed E-state index contributed by atoms with van der Waals surface area (Å²) in [5.74, 6) is 2.75. The van der Waals surface area contributed by atoms with Gasteiger partial charge in [-0.15, -0.1) is 6.42 Å². The third-order valence-electron chi connectivity index (χ3n) is 5.65. The van der Waals surface area contributed by atoms with Crippen LogP contribution in [0.1, 0.15) is 5.56 Å². The lowest BCUT2D eigenvalue weighted by Crippen LogP contribution is -2.54. The van der Waals surface area contributed by atoms with Gasteiger partial charge in [0.05, 0.1) is 70.9 Å². The number of halogens is 1. The lowest BCUT2D eigenvalue weighted by molar-refractivity contribution is -0.126. The number of hydrogen-bond donors (Lipinski definition) is 4. The molecule has 2 aliphatic heterocycles. The van der Waals surface area contributed by atoms with Crippen LogP contribution in [0.25, 0.3) is 0 Å². The topological polar surface area (TPSA) is 170 Å². The molecular weight excluding hydrogens is 536 g/mol. The monoisotopic (exact) mass is 570 g/mol. The number of nitrogens with zero attached hydrogens (tertiary/aromatic N) is 3. The standard InChI is InChI=1S/C24H35ClN6O8/c1-2-4-34-6-8-36-10-11-37-9-7-35-5-3-27-22(33)17-13-31(14-17)21-19(12-26)20(28-23(25)30-21)29-24-38-16-18(15-32)39-24/h1,12,17-18,24,26,32H,3-11,13-16H2,(H,27,33)(H,28,29,30). The summed E-state index contributed by atoms with van der Waals surface area (Å²) in [6, 6.07) is 0. The average molecular weight is 571 g/mol. The molecule has 1 amide bonds. The van der Waals surface area contributed by atoms with Gasteiger partial charge in [-0.3, -0.25) is 4.79 Å². The lowest BCUT2D eigenvalue weighted by Gasteiger charge is -2.39. The number of carbonyl (C=O) groups is 1. The molecule has 0 saturated carbocycles. The number of hydrogen-bond acceptors (Lipinski definition) is 13. The van der Waals surface area contributed by atoms with Crippen LogP contribution in [-0.4, -0.2) is 125 Å². The smallest absolute Gasteiger partial charge is 0.239 e. The van der Waals surface area contributed by atoms with Crippen molar-refractivity contribution in [2.75, 3.05) is 95.9 Å². The molecule has 0 aliphatic carbocycles. The summed E-state index contributed by atoms with van der Waals surface area (Å²) in [4.78, 5) is 22.7. The van der Waals surface area contributed by atoms with Gasteiger partial charge in [-0.05, 0) is 11.6 Å². The lowest BCUT2D eigenvalue weighted by atomic mass is 9.98. The molecule has 0 aromatic carbocycles. The molecule has 2 saturated heterocycles. The van der Waals surface area contributed by atoms with Crippen molar-refractivity contribution >= 4 is 35.4 Å². The molecule has 14 nitrogen and oxygen atoms in total. The largest absolute Gasteiger partial charge is 0.394 e. The van der Waals surface area contributed by atoms with E-state index in [1.54, 1.807) is 0 Å². The summed E-state index contributed by atoms with van der Waals surface area (Å²) in [5, 5.41) is 22.8. The van der Waals surface area contributed by atoms with E-state index < -0.39 is 12.5 Å². The van der Waals surface area contributed by atoms with Crippen LogP contribution in [0.4, 0.5) is 11.6 Å². The predicted octanol–water partition coefficient (Wildman–Crippen LogP) is -0.517. The van der Waals surface area contributed by atoms with E-state index in [-0.39, 0.29) is 42.7 Å². The van der Waals surface area contributed by atoms with Gasteiger partial charge in [-0.2, -0.15) is 9.97 Å². The van der Waals surface area contributed by atoms with E-state index in [1.165, 1.54) is 0 Å². The molecule has 0 spiro atoms. The first-order valence-electron chi connectivity index (χ1n) is 12.5. The number of anilines is 2. The van der Waals surface area contributed by atoms with Gasteiger partial charge >= 0.3 is 0 Å². The summed E-state index contributed by atoms with van der Waals surface area (Å²) in [7, 11) is 0. The second-order valence-electron chi connectivity index (χ2n) is 8.46. The minimum Gasteiger partial charge on any atom is -0.394 e. The maximum absolute atomic E-state index is 12.5. The number of amides is 1.